The summed E-state index contributed by atoms with van der Waals surface area (Å²) >= 11 is 0. The minimum atomic E-state index is -0.562. The fraction of sp³-hybridized carbons (Fsp3) is 0.250. The van der Waals surface area contributed by atoms with Gasteiger partial charge in [0.2, 0.25) is 5.91 Å². The number of benzene rings is 2. The summed E-state index contributed by atoms with van der Waals surface area (Å²) in [4.78, 5) is 37.9. The second-order valence-electron chi connectivity index (χ2n) is 6.36. The van der Waals surface area contributed by atoms with Crippen LogP contribution in [0, 0.1) is 0 Å². The Morgan fingerprint density at radius 2 is 1.85 bits per heavy atom. The van der Waals surface area contributed by atoms with E-state index in [1.807, 2.05) is 0 Å². The number of ketones is 1. The number of aromatic hydroxyl groups is 1. The third kappa shape index (κ3) is 4.08. The maximum atomic E-state index is 12.4. The van der Waals surface area contributed by atoms with Crippen LogP contribution >= 0.6 is 0 Å². The van der Waals surface area contributed by atoms with Gasteiger partial charge in [-0.1, -0.05) is 0 Å². The summed E-state index contributed by atoms with van der Waals surface area (Å²) in [6, 6.07) is 11.0. The van der Waals surface area contributed by atoms with Gasteiger partial charge in [0.25, 0.3) is 5.91 Å². The number of likely N-dealkylation sites (N-methyl/N-ethyl adjacent to an activating group) is 1. The first-order chi connectivity index (χ1) is 12.8. The van der Waals surface area contributed by atoms with Gasteiger partial charge in [-0.05, 0) is 49.4 Å². The maximum absolute atomic E-state index is 12.4. The smallest absolute Gasteiger partial charge is 0.267 e. The number of amides is 2. The summed E-state index contributed by atoms with van der Waals surface area (Å²) in [7, 11) is 1.64. The van der Waals surface area contributed by atoms with Gasteiger partial charge < -0.3 is 20.1 Å². The molecule has 0 saturated carbocycles. The molecule has 0 fully saturated rings. The Kier molecular flexibility index (Phi) is 5.12. The van der Waals surface area contributed by atoms with E-state index in [1.54, 1.807) is 44.3 Å². The lowest BCUT2D eigenvalue weighted by Gasteiger charge is -2.30. The minimum absolute atomic E-state index is 0.0269. The van der Waals surface area contributed by atoms with E-state index in [4.69, 9.17) is 4.74 Å². The van der Waals surface area contributed by atoms with Crippen molar-refractivity contribution in [2.75, 3.05) is 17.3 Å². The number of rotatable bonds is 5. The van der Waals surface area contributed by atoms with Crippen molar-refractivity contribution in [3.63, 3.8) is 0 Å². The van der Waals surface area contributed by atoms with Crippen LogP contribution in [0.2, 0.25) is 0 Å². The van der Waals surface area contributed by atoms with Crippen molar-refractivity contribution in [1.29, 1.82) is 0 Å². The molecule has 27 heavy (non-hydrogen) atoms. The number of carbonyl (C=O) groups excluding carboxylic acids is 3. The molecule has 0 saturated heterocycles. The predicted octanol–water partition coefficient (Wildman–Crippen LogP) is 2.74. The highest BCUT2D eigenvalue weighted by atomic mass is 16.5. The van der Waals surface area contributed by atoms with Gasteiger partial charge in [-0.25, -0.2) is 0 Å². The largest absolute Gasteiger partial charge is 0.508 e. The molecule has 2 amide bonds. The molecule has 0 radical (unpaired) electrons. The van der Waals surface area contributed by atoms with Gasteiger partial charge in [-0.3, -0.25) is 14.4 Å². The number of hydrogen-bond donors (Lipinski definition) is 2. The van der Waals surface area contributed by atoms with Crippen LogP contribution in [0.3, 0.4) is 0 Å². The van der Waals surface area contributed by atoms with Gasteiger partial charge in [0, 0.05) is 31.1 Å². The van der Waals surface area contributed by atoms with Gasteiger partial charge >= 0.3 is 0 Å². The number of nitrogens with one attached hydrogen (secondary N) is 1. The van der Waals surface area contributed by atoms with Gasteiger partial charge in [0.1, 0.15) is 11.5 Å². The number of phenols is 1. The van der Waals surface area contributed by atoms with E-state index < -0.39 is 6.10 Å². The van der Waals surface area contributed by atoms with Crippen molar-refractivity contribution in [2.45, 2.75) is 25.9 Å². The predicted molar refractivity (Wildman–Crippen MR) is 100 cm³/mol. The fourth-order valence-electron chi connectivity index (χ4n) is 2.82. The van der Waals surface area contributed by atoms with E-state index >= 15 is 0 Å². The molecule has 2 aromatic carbocycles. The Bertz CT molecular complexity index is 892. The molecular formula is C20H20N2O5. The zero-order valence-electron chi connectivity index (χ0n) is 15.1. The average Bonchev–Trinajstić information content (AvgIpc) is 2.66. The summed E-state index contributed by atoms with van der Waals surface area (Å²) < 4.78 is 5.54. The number of anilines is 2. The highest BCUT2D eigenvalue weighted by Gasteiger charge is 2.29. The maximum Gasteiger partial charge on any atom is 0.267 e. The number of carbonyl (C=O) groups is 3. The lowest BCUT2D eigenvalue weighted by molar-refractivity contribution is -0.125. The number of fused-ring (bicyclic) bond motifs is 1. The summed E-state index contributed by atoms with van der Waals surface area (Å²) in [6.45, 7) is 1.67. The van der Waals surface area contributed by atoms with Crippen LogP contribution in [0.4, 0.5) is 11.4 Å². The lowest BCUT2D eigenvalue weighted by Crippen LogP contribution is -2.42. The summed E-state index contributed by atoms with van der Waals surface area (Å²) in [5.74, 6) is -0.0152. The number of nitrogens with zero attached hydrogens (tertiary/aromatic N) is 1. The zero-order valence-corrected chi connectivity index (χ0v) is 15.1. The molecule has 0 bridgehead atoms. The molecule has 0 aliphatic carbocycles. The molecule has 3 rings (SSSR count). The van der Waals surface area contributed by atoms with Crippen molar-refractivity contribution in [3.05, 3.63) is 48.0 Å². The molecule has 1 heterocycles. The van der Waals surface area contributed by atoms with E-state index in [-0.39, 0.29) is 36.2 Å². The molecule has 0 aromatic heterocycles. The molecule has 7 heteroatoms. The van der Waals surface area contributed by atoms with E-state index in [1.165, 1.54) is 17.0 Å². The first kappa shape index (κ1) is 18.4. The topological polar surface area (TPSA) is 95.9 Å². The summed E-state index contributed by atoms with van der Waals surface area (Å²) in [6.07, 6.45) is -0.496. The molecule has 1 unspecified atom stereocenters. The van der Waals surface area contributed by atoms with E-state index in [2.05, 4.69) is 5.32 Å². The Hall–Kier alpha value is -3.35. The molecule has 0 spiro atoms. The normalized spacial score (nSPS) is 15.7. The highest BCUT2D eigenvalue weighted by Crippen LogP contribution is 2.34. The van der Waals surface area contributed by atoms with Gasteiger partial charge in [0.15, 0.2) is 11.9 Å². The molecule has 1 aliphatic rings. The van der Waals surface area contributed by atoms with Crippen LogP contribution < -0.4 is 15.0 Å². The van der Waals surface area contributed by atoms with Crippen LogP contribution in [0.15, 0.2) is 42.5 Å². The Morgan fingerprint density at radius 3 is 2.56 bits per heavy atom. The quantitative estimate of drug-likeness (QED) is 0.625. The van der Waals surface area contributed by atoms with Crippen LogP contribution in [-0.4, -0.2) is 35.9 Å². The van der Waals surface area contributed by atoms with Crippen LogP contribution in [0.1, 0.15) is 30.1 Å². The second-order valence-corrected chi connectivity index (χ2v) is 6.36. The minimum Gasteiger partial charge on any atom is -0.508 e. The Morgan fingerprint density at radius 1 is 1.15 bits per heavy atom. The van der Waals surface area contributed by atoms with Gasteiger partial charge in [-0.2, -0.15) is 0 Å². The Balaban J connectivity index is 1.62. The van der Waals surface area contributed by atoms with Crippen molar-refractivity contribution in [1.82, 2.24) is 0 Å². The first-order valence-electron chi connectivity index (χ1n) is 8.55. The van der Waals surface area contributed by atoms with E-state index in [0.29, 0.717) is 22.7 Å². The molecule has 7 nitrogen and oxygen atoms in total. The molecule has 1 aliphatic heterocycles. The molecular weight excluding hydrogens is 348 g/mol. The zero-order chi connectivity index (χ0) is 19.6. The van der Waals surface area contributed by atoms with Gasteiger partial charge in [0.05, 0.1) is 5.69 Å². The van der Waals surface area contributed by atoms with Gasteiger partial charge in [-0.15, -0.1) is 0 Å². The van der Waals surface area contributed by atoms with Crippen molar-refractivity contribution < 1.29 is 24.2 Å². The fourth-order valence-corrected chi connectivity index (χ4v) is 2.82. The van der Waals surface area contributed by atoms with Crippen molar-refractivity contribution in [2.24, 2.45) is 0 Å². The number of Topliss-reactive ketones (excluding diaryl/α,β-unsaturated/α-hetero) is 1. The van der Waals surface area contributed by atoms with E-state index in [0.717, 1.165) is 0 Å². The van der Waals surface area contributed by atoms with Crippen molar-refractivity contribution >= 4 is 29.0 Å². The molecule has 140 valence electrons. The monoisotopic (exact) mass is 368 g/mol. The number of hydrogen-bond acceptors (Lipinski definition) is 5. The van der Waals surface area contributed by atoms with Crippen LogP contribution in [-0.2, 0) is 9.59 Å². The highest BCUT2D eigenvalue weighted by molar-refractivity contribution is 6.04. The number of phenolic OH excluding ortho intramolecular Hbond substituents is 1. The standard InChI is InChI=1S/C20H20N2O5/c1-12-20(26)22(2)16-11-13(3-9-18(16)27-12)17(24)8-10-19(25)21-14-4-6-15(23)7-5-14/h3-7,9,11-12,23H,8,10H2,1-2H3,(H,21,25). The molecule has 2 aromatic rings. The molecule has 2 N–H and O–H groups in total. The van der Waals surface area contributed by atoms with E-state index in [9.17, 15) is 19.5 Å². The summed E-state index contributed by atoms with van der Waals surface area (Å²) in [5.41, 5.74) is 1.51. The second kappa shape index (κ2) is 7.49. The van der Waals surface area contributed by atoms with Crippen LogP contribution in [0.5, 0.6) is 11.5 Å². The average molecular weight is 368 g/mol. The lowest BCUT2D eigenvalue weighted by atomic mass is 10.0. The third-order valence-electron chi connectivity index (χ3n) is 4.35. The first-order valence-corrected chi connectivity index (χ1v) is 8.55. The van der Waals surface area contributed by atoms with Crippen LogP contribution in [0.25, 0.3) is 0 Å². The third-order valence-corrected chi connectivity index (χ3v) is 4.35. The SMILES string of the molecule is CC1Oc2ccc(C(=O)CCC(=O)Nc3ccc(O)cc3)cc2N(C)C1=O. The Labute approximate surface area is 156 Å². The van der Waals surface area contributed by atoms with Crippen molar-refractivity contribution in [3.8, 4) is 11.5 Å². The molecule has 1 atom stereocenters. The number of ether oxygens (including phenoxy) is 1. The summed E-state index contributed by atoms with van der Waals surface area (Å²) in [5, 5.41) is 11.9.